The van der Waals surface area contributed by atoms with Crippen molar-refractivity contribution in [2.24, 2.45) is 5.92 Å². The van der Waals surface area contributed by atoms with Gasteiger partial charge in [-0.05, 0) is 92.1 Å². The lowest BCUT2D eigenvalue weighted by Crippen LogP contribution is -2.57. The van der Waals surface area contributed by atoms with Crippen LogP contribution in [0.1, 0.15) is 76.2 Å². The van der Waals surface area contributed by atoms with Crippen LogP contribution in [0.25, 0.3) is 0 Å². The molecule has 6 N–H and O–H groups in total. The molecule has 0 aromatic heterocycles. The molecule has 0 saturated heterocycles. The number of nitrogens with zero attached hydrogens (tertiary/aromatic N) is 3. The van der Waals surface area contributed by atoms with Crippen molar-refractivity contribution in [1.29, 1.82) is 0 Å². The number of imide groups is 1. The van der Waals surface area contributed by atoms with Crippen molar-refractivity contribution in [3.05, 3.63) is 157 Å². The van der Waals surface area contributed by atoms with Crippen LogP contribution in [0.15, 0.2) is 152 Å². The highest BCUT2D eigenvalue weighted by Gasteiger charge is 2.32. The number of nitrogens with one attached hydrogen (secondary N) is 6. The Morgan fingerprint density at radius 3 is 1.54 bits per heavy atom. The average Bonchev–Trinajstić information content (AvgIpc) is 3.37. The number of carbonyl (C=O) groups is 5. The minimum atomic E-state index is -0.739. The summed E-state index contributed by atoms with van der Waals surface area (Å²) in [4.78, 5) is 74.3. The van der Waals surface area contributed by atoms with Gasteiger partial charge in [0.15, 0.2) is 0 Å². The predicted molar refractivity (Wildman–Crippen MR) is 276 cm³/mol. The van der Waals surface area contributed by atoms with E-state index >= 15 is 0 Å². The van der Waals surface area contributed by atoms with Crippen LogP contribution < -0.4 is 31.9 Å². The van der Waals surface area contributed by atoms with E-state index in [2.05, 4.69) is 31.9 Å². The SMILES string of the molecule is CN(CCCC[C@H](CNC(=O)NC(=O)Nc1ccccc1)N(CC(Cc1ccccc1)N(CCCCC1CCCCC1)C(=O)Nc1ccccc1)C(=O)Nc1ccccc1)C(=O)Nc1ccccc1. The van der Waals surface area contributed by atoms with Gasteiger partial charge in [0.1, 0.15) is 0 Å². The van der Waals surface area contributed by atoms with Gasteiger partial charge in [-0.25, -0.2) is 24.0 Å². The first kappa shape index (κ1) is 51.0. The van der Waals surface area contributed by atoms with Gasteiger partial charge in [0.2, 0.25) is 0 Å². The first-order valence-electron chi connectivity index (χ1n) is 24.5. The van der Waals surface area contributed by atoms with Crippen LogP contribution >= 0.6 is 0 Å². The molecular weight excluding hydrogens is 867 g/mol. The Hall–Kier alpha value is -7.35. The van der Waals surface area contributed by atoms with Crippen molar-refractivity contribution in [2.45, 2.75) is 89.1 Å². The zero-order valence-electron chi connectivity index (χ0n) is 39.9. The predicted octanol–water partition coefficient (Wildman–Crippen LogP) is 11.7. The van der Waals surface area contributed by atoms with Crippen molar-refractivity contribution in [2.75, 3.05) is 54.5 Å². The minimum absolute atomic E-state index is 0.0212. The molecule has 5 aromatic rings. The van der Waals surface area contributed by atoms with E-state index in [9.17, 15) is 24.0 Å². The zero-order chi connectivity index (χ0) is 48.5. The lowest BCUT2D eigenvalue weighted by molar-refractivity contribution is 0.133. The summed E-state index contributed by atoms with van der Waals surface area (Å²) >= 11 is 0. The molecule has 1 unspecified atom stereocenters. The first-order chi connectivity index (χ1) is 33.7. The molecule has 0 bridgehead atoms. The van der Waals surface area contributed by atoms with E-state index in [4.69, 9.17) is 0 Å². The van der Waals surface area contributed by atoms with E-state index in [1.165, 1.54) is 32.1 Å². The number of anilines is 4. The first-order valence-corrected chi connectivity index (χ1v) is 24.5. The zero-order valence-corrected chi connectivity index (χ0v) is 39.9. The molecule has 2 atom stereocenters. The van der Waals surface area contributed by atoms with E-state index in [0.29, 0.717) is 67.4 Å². The molecular formula is C55H69N9O5. The molecule has 0 radical (unpaired) electrons. The number of benzene rings is 5. The Bertz CT molecular complexity index is 2300. The van der Waals surface area contributed by atoms with Crippen molar-refractivity contribution in [1.82, 2.24) is 25.3 Å². The number of hydrogen-bond acceptors (Lipinski definition) is 5. The molecule has 1 fully saturated rings. The maximum absolute atomic E-state index is 14.9. The third-order valence-corrected chi connectivity index (χ3v) is 12.6. The third kappa shape index (κ3) is 18.0. The smallest absolute Gasteiger partial charge is 0.327 e. The van der Waals surface area contributed by atoms with Gasteiger partial charge in [-0.1, -0.05) is 148 Å². The fourth-order valence-corrected chi connectivity index (χ4v) is 8.84. The largest absolute Gasteiger partial charge is 0.336 e. The van der Waals surface area contributed by atoms with Crippen LogP contribution in [-0.4, -0.2) is 90.2 Å². The van der Waals surface area contributed by atoms with Gasteiger partial charge in [-0.3, -0.25) is 5.32 Å². The topological polar surface area (TPSA) is 167 Å². The van der Waals surface area contributed by atoms with E-state index in [0.717, 1.165) is 24.8 Å². The Balaban J connectivity index is 1.28. The van der Waals surface area contributed by atoms with Gasteiger partial charge >= 0.3 is 30.2 Å². The third-order valence-electron chi connectivity index (χ3n) is 12.6. The second kappa shape index (κ2) is 28.1. The molecule has 0 spiro atoms. The van der Waals surface area contributed by atoms with E-state index in [1.807, 2.05) is 132 Å². The summed E-state index contributed by atoms with van der Waals surface area (Å²) in [5.41, 5.74) is 3.46. The van der Waals surface area contributed by atoms with Crippen molar-refractivity contribution < 1.29 is 24.0 Å². The Morgan fingerprint density at radius 1 is 0.507 bits per heavy atom. The second-order valence-electron chi connectivity index (χ2n) is 17.8. The summed E-state index contributed by atoms with van der Waals surface area (Å²) in [5, 5.41) is 17.1. The molecule has 14 nitrogen and oxygen atoms in total. The van der Waals surface area contributed by atoms with Crippen molar-refractivity contribution >= 4 is 52.9 Å². The van der Waals surface area contributed by atoms with Gasteiger partial charge < -0.3 is 41.3 Å². The standard InChI is InChI=1S/C55H69N9O5/c1-62(53(67)58-46-31-14-5-15-32-46)38-22-21-37-49(41-56-51(65)61-52(66)57-45-29-12-4-13-30-45)64(55(69)60-48-35-18-7-19-36-48)42-50(40-44-27-10-3-11-28-44)63(54(68)59-47-33-16-6-17-34-47)39-23-20-26-43-24-8-2-9-25-43/h3-7,10-19,27-36,43,49-50H,2,8-9,20-26,37-42H2,1H3,(H,58,67)(H,59,68)(H,60,69)(H3,56,57,61,65,66)/t49-,50?/m1/s1. The quantitative estimate of drug-likeness (QED) is 0.0379. The number of unbranched alkanes of at least 4 members (excludes halogenated alkanes) is 2. The lowest BCUT2D eigenvalue weighted by Gasteiger charge is -2.39. The van der Waals surface area contributed by atoms with Crippen molar-refractivity contribution in [3.8, 4) is 0 Å². The average molecular weight is 936 g/mol. The molecule has 1 saturated carbocycles. The summed E-state index contributed by atoms with van der Waals surface area (Å²) in [6, 6.07) is 43.1. The number of rotatable bonds is 22. The van der Waals surface area contributed by atoms with E-state index in [-0.39, 0.29) is 25.2 Å². The number of carbonyl (C=O) groups excluding carboxylic acids is 5. The second-order valence-corrected chi connectivity index (χ2v) is 17.8. The Morgan fingerprint density at radius 2 is 0.986 bits per heavy atom. The van der Waals surface area contributed by atoms with Gasteiger partial charge in [-0.15, -0.1) is 0 Å². The molecule has 6 rings (SSSR count). The highest BCUT2D eigenvalue weighted by atomic mass is 16.2. The minimum Gasteiger partial charge on any atom is -0.336 e. The summed E-state index contributed by atoms with van der Waals surface area (Å²) in [6.45, 7) is 0.989. The molecule has 364 valence electrons. The normalized spacial score (nSPS) is 13.2. The molecule has 0 heterocycles. The van der Waals surface area contributed by atoms with Crippen LogP contribution in [0.2, 0.25) is 0 Å². The summed E-state index contributed by atoms with van der Waals surface area (Å²) in [6.07, 6.45) is 11.3. The number of para-hydroxylation sites is 4. The van der Waals surface area contributed by atoms with Crippen molar-refractivity contribution in [3.63, 3.8) is 0 Å². The molecule has 14 heteroatoms. The maximum Gasteiger partial charge on any atom is 0.327 e. The Labute approximate surface area is 407 Å². The van der Waals surface area contributed by atoms with Crippen LogP contribution in [0.3, 0.4) is 0 Å². The number of amides is 10. The lowest BCUT2D eigenvalue weighted by atomic mass is 9.86. The number of hydrogen-bond donors (Lipinski definition) is 6. The molecule has 0 aliphatic heterocycles. The van der Waals surface area contributed by atoms with Crippen LogP contribution in [0, 0.1) is 5.92 Å². The van der Waals surface area contributed by atoms with Crippen LogP contribution in [0.4, 0.5) is 46.7 Å². The molecule has 69 heavy (non-hydrogen) atoms. The van der Waals surface area contributed by atoms with E-state index < -0.39 is 30.2 Å². The highest BCUT2D eigenvalue weighted by molar-refractivity contribution is 6.00. The fourth-order valence-electron chi connectivity index (χ4n) is 8.84. The number of urea groups is 5. The monoisotopic (exact) mass is 936 g/mol. The summed E-state index contributed by atoms with van der Waals surface area (Å²) in [7, 11) is 1.74. The molecule has 10 amide bonds. The van der Waals surface area contributed by atoms with Gasteiger partial charge in [0.25, 0.3) is 0 Å². The highest BCUT2D eigenvalue weighted by Crippen LogP contribution is 2.28. The van der Waals surface area contributed by atoms with Gasteiger partial charge in [0, 0.05) is 56.0 Å². The van der Waals surface area contributed by atoms with Crippen LogP contribution in [-0.2, 0) is 6.42 Å². The Kier molecular flexibility index (Phi) is 20.8. The van der Waals surface area contributed by atoms with Gasteiger partial charge in [0.05, 0.1) is 12.1 Å². The van der Waals surface area contributed by atoms with Gasteiger partial charge in [-0.2, -0.15) is 0 Å². The molecule has 5 aromatic carbocycles. The van der Waals surface area contributed by atoms with Crippen LogP contribution in [0.5, 0.6) is 0 Å². The molecule has 1 aliphatic rings. The summed E-state index contributed by atoms with van der Waals surface area (Å²) < 4.78 is 0. The maximum atomic E-state index is 14.9. The fraction of sp³-hybridized carbons (Fsp3) is 0.364. The van der Waals surface area contributed by atoms with E-state index in [1.54, 1.807) is 41.1 Å². The molecule has 1 aliphatic carbocycles. The summed E-state index contributed by atoms with van der Waals surface area (Å²) in [5.74, 6) is 0.704.